The zero-order valence-electron chi connectivity index (χ0n) is 12.2. The zero-order valence-corrected chi connectivity index (χ0v) is 12.2. The van der Waals surface area contributed by atoms with Gasteiger partial charge in [-0.1, -0.05) is 36.8 Å². The predicted octanol–water partition coefficient (Wildman–Crippen LogP) is 2.92. The van der Waals surface area contributed by atoms with E-state index in [0.717, 1.165) is 12.8 Å². The number of nitrogens with zero attached hydrogens (tertiary/aromatic N) is 1. The fraction of sp³-hybridized carbons (Fsp3) is 0.389. The molecule has 1 aromatic heterocycles. The normalized spacial score (nSPS) is 23.1. The highest BCUT2D eigenvalue weighted by Crippen LogP contribution is 2.30. The van der Waals surface area contributed by atoms with Crippen LogP contribution >= 0.6 is 0 Å². The Balaban J connectivity index is 1.86. The number of pyridine rings is 1. The molecule has 3 heteroatoms. The number of rotatable bonds is 5. The Morgan fingerprint density at radius 3 is 2.48 bits per heavy atom. The lowest BCUT2D eigenvalue weighted by Gasteiger charge is -2.27. The molecule has 0 radical (unpaired) electrons. The molecular weight excluding hydrogens is 260 g/mol. The minimum absolute atomic E-state index is 0.159. The Morgan fingerprint density at radius 1 is 1.05 bits per heavy atom. The van der Waals surface area contributed by atoms with Crippen LogP contribution in [0.25, 0.3) is 0 Å². The molecule has 2 aromatic rings. The first kappa shape index (κ1) is 14.2. The lowest BCUT2D eigenvalue weighted by Crippen LogP contribution is -2.37. The van der Waals surface area contributed by atoms with Crippen molar-refractivity contribution in [3.63, 3.8) is 0 Å². The second kappa shape index (κ2) is 6.83. The van der Waals surface area contributed by atoms with Crippen LogP contribution in [-0.2, 0) is 0 Å². The number of hydrogen-bond donors (Lipinski definition) is 2. The molecule has 3 unspecified atom stereocenters. The molecule has 0 bridgehead atoms. The summed E-state index contributed by atoms with van der Waals surface area (Å²) in [7, 11) is 0. The van der Waals surface area contributed by atoms with Crippen LogP contribution in [0.1, 0.15) is 36.4 Å². The molecule has 1 heterocycles. The fourth-order valence-electron chi connectivity index (χ4n) is 3.28. The lowest BCUT2D eigenvalue weighted by atomic mass is 9.96. The predicted molar refractivity (Wildman–Crippen MR) is 83.9 cm³/mol. The molecule has 3 atom stereocenters. The number of hydrogen-bond acceptors (Lipinski definition) is 3. The quantitative estimate of drug-likeness (QED) is 0.886. The summed E-state index contributed by atoms with van der Waals surface area (Å²) < 4.78 is 0. The van der Waals surface area contributed by atoms with Crippen LogP contribution in [0.3, 0.4) is 0 Å². The van der Waals surface area contributed by atoms with Gasteiger partial charge < -0.3 is 10.4 Å². The third kappa shape index (κ3) is 3.31. The van der Waals surface area contributed by atoms with Crippen LogP contribution in [0, 0.1) is 5.92 Å². The standard InChI is InChI=1S/C18H22N2O/c21-13-16-7-4-8-17(16)20-18(14-5-2-1-3-6-14)15-9-11-19-12-10-15/h1-3,5-6,9-12,16-18,20-21H,4,7-8,13H2. The van der Waals surface area contributed by atoms with E-state index in [1.807, 2.05) is 18.5 Å². The molecule has 3 nitrogen and oxygen atoms in total. The van der Waals surface area contributed by atoms with E-state index in [-0.39, 0.29) is 12.6 Å². The van der Waals surface area contributed by atoms with Gasteiger partial charge in [-0.2, -0.15) is 0 Å². The van der Waals surface area contributed by atoms with Gasteiger partial charge in [0.05, 0.1) is 6.04 Å². The SMILES string of the molecule is OCC1CCCC1NC(c1ccccc1)c1ccncc1. The smallest absolute Gasteiger partial charge is 0.0580 e. The molecule has 1 aliphatic carbocycles. The second-order valence-corrected chi connectivity index (χ2v) is 5.77. The van der Waals surface area contributed by atoms with E-state index in [1.54, 1.807) is 0 Å². The summed E-state index contributed by atoms with van der Waals surface area (Å²) in [4.78, 5) is 4.12. The van der Waals surface area contributed by atoms with Crippen molar-refractivity contribution in [3.8, 4) is 0 Å². The molecule has 0 aliphatic heterocycles. The van der Waals surface area contributed by atoms with Gasteiger partial charge in [0.2, 0.25) is 0 Å². The lowest BCUT2D eigenvalue weighted by molar-refractivity contribution is 0.202. The van der Waals surface area contributed by atoms with Crippen molar-refractivity contribution in [1.29, 1.82) is 0 Å². The van der Waals surface area contributed by atoms with Crippen molar-refractivity contribution >= 4 is 0 Å². The highest BCUT2D eigenvalue weighted by Gasteiger charge is 2.29. The molecule has 1 aliphatic rings. The average Bonchev–Trinajstić information content (AvgIpc) is 3.01. The Kier molecular flexibility index (Phi) is 4.63. The van der Waals surface area contributed by atoms with Gasteiger partial charge in [0.25, 0.3) is 0 Å². The molecule has 0 spiro atoms. The molecule has 1 aromatic carbocycles. The van der Waals surface area contributed by atoms with Crippen LogP contribution in [0.15, 0.2) is 54.9 Å². The Bertz CT molecular complexity index is 504. The number of aromatic nitrogens is 1. The third-order valence-electron chi connectivity index (χ3n) is 4.45. The molecular formula is C18H22N2O. The molecule has 3 rings (SSSR count). The number of nitrogens with one attached hydrogen (secondary N) is 1. The van der Waals surface area contributed by atoms with Crippen molar-refractivity contribution in [2.45, 2.75) is 31.3 Å². The van der Waals surface area contributed by atoms with Gasteiger partial charge in [0.15, 0.2) is 0 Å². The Morgan fingerprint density at radius 2 is 1.76 bits per heavy atom. The van der Waals surface area contributed by atoms with Gasteiger partial charge >= 0.3 is 0 Å². The summed E-state index contributed by atoms with van der Waals surface area (Å²) in [6.45, 7) is 0.273. The largest absolute Gasteiger partial charge is 0.396 e. The van der Waals surface area contributed by atoms with Gasteiger partial charge in [0.1, 0.15) is 0 Å². The zero-order chi connectivity index (χ0) is 14.5. The van der Waals surface area contributed by atoms with Crippen LogP contribution in [0.4, 0.5) is 0 Å². The third-order valence-corrected chi connectivity index (χ3v) is 4.45. The topological polar surface area (TPSA) is 45.1 Å². The number of benzene rings is 1. The molecule has 0 amide bonds. The van der Waals surface area contributed by atoms with E-state index in [1.165, 1.54) is 17.5 Å². The van der Waals surface area contributed by atoms with Gasteiger partial charge in [-0.3, -0.25) is 4.98 Å². The maximum atomic E-state index is 9.54. The molecule has 2 N–H and O–H groups in total. The van der Waals surface area contributed by atoms with Gasteiger partial charge in [-0.15, -0.1) is 0 Å². The van der Waals surface area contributed by atoms with Crippen molar-refractivity contribution in [3.05, 3.63) is 66.0 Å². The summed E-state index contributed by atoms with van der Waals surface area (Å²) in [6.07, 6.45) is 7.13. The Hall–Kier alpha value is -1.71. The first-order valence-corrected chi connectivity index (χ1v) is 7.70. The van der Waals surface area contributed by atoms with Crippen molar-refractivity contribution < 1.29 is 5.11 Å². The van der Waals surface area contributed by atoms with Crippen LogP contribution in [-0.4, -0.2) is 22.7 Å². The summed E-state index contributed by atoms with van der Waals surface area (Å²) in [5.74, 6) is 0.373. The summed E-state index contributed by atoms with van der Waals surface area (Å²) in [5.41, 5.74) is 2.48. The van der Waals surface area contributed by atoms with Gasteiger partial charge in [-0.25, -0.2) is 0 Å². The first-order chi connectivity index (χ1) is 10.4. The summed E-state index contributed by atoms with van der Waals surface area (Å²) >= 11 is 0. The average molecular weight is 282 g/mol. The maximum Gasteiger partial charge on any atom is 0.0580 e. The summed E-state index contributed by atoms with van der Waals surface area (Å²) in [6, 6.07) is 15.2. The first-order valence-electron chi connectivity index (χ1n) is 7.70. The van der Waals surface area contributed by atoms with E-state index in [2.05, 4.69) is 46.7 Å². The molecule has 1 fully saturated rings. The Labute approximate surface area is 126 Å². The summed E-state index contributed by atoms with van der Waals surface area (Å²) in [5, 5.41) is 13.3. The van der Waals surface area contributed by atoms with E-state index in [0.29, 0.717) is 12.0 Å². The number of aliphatic hydroxyl groups is 1. The maximum absolute atomic E-state index is 9.54. The van der Waals surface area contributed by atoms with E-state index in [4.69, 9.17) is 0 Å². The van der Waals surface area contributed by atoms with Crippen molar-refractivity contribution in [1.82, 2.24) is 10.3 Å². The van der Waals surface area contributed by atoms with E-state index >= 15 is 0 Å². The molecule has 110 valence electrons. The van der Waals surface area contributed by atoms with Crippen LogP contribution < -0.4 is 5.32 Å². The highest BCUT2D eigenvalue weighted by molar-refractivity contribution is 5.30. The monoisotopic (exact) mass is 282 g/mol. The minimum Gasteiger partial charge on any atom is -0.396 e. The number of aliphatic hydroxyl groups excluding tert-OH is 1. The minimum atomic E-state index is 0.159. The molecule has 0 saturated heterocycles. The second-order valence-electron chi connectivity index (χ2n) is 5.77. The van der Waals surface area contributed by atoms with Gasteiger partial charge in [-0.05, 0) is 42.0 Å². The molecule has 1 saturated carbocycles. The van der Waals surface area contributed by atoms with E-state index < -0.39 is 0 Å². The van der Waals surface area contributed by atoms with E-state index in [9.17, 15) is 5.11 Å². The van der Waals surface area contributed by atoms with Crippen molar-refractivity contribution in [2.75, 3.05) is 6.61 Å². The van der Waals surface area contributed by atoms with Gasteiger partial charge in [0, 0.05) is 25.0 Å². The van der Waals surface area contributed by atoms with Crippen LogP contribution in [0.5, 0.6) is 0 Å². The van der Waals surface area contributed by atoms with Crippen LogP contribution in [0.2, 0.25) is 0 Å². The molecule has 21 heavy (non-hydrogen) atoms. The van der Waals surface area contributed by atoms with Crippen molar-refractivity contribution in [2.24, 2.45) is 5.92 Å². The fourth-order valence-corrected chi connectivity index (χ4v) is 3.28. The highest BCUT2D eigenvalue weighted by atomic mass is 16.3.